The third kappa shape index (κ3) is 1.17. The lowest BCUT2D eigenvalue weighted by molar-refractivity contribution is -0.119. The number of benzene rings is 1. The van der Waals surface area contributed by atoms with Crippen LogP contribution in [0.4, 0.5) is 0 Å². The van der Waals surface area contributed by atoms with Gasteiger partial charge in [-0.1, -0.05) is 48.6 Å². The average Bonchev–Trinajstić information content (AvgIpc) is 2.98. The molecule has 1 aromatic carbocycles. The Kier molecular flexibility index (Phi) is 1.77. The van der Waals surface area contributed by atoms with Crippen molar-refractivity contribution in [2.24, 2.45) is 23.7 Å². The van der Waals surface area contributed by atoms with Crippen molar-refractivity contribution in [2.75, 3.05) is 0 Å². The van der Waals surface area contributed by atoms with Gasteiger partial charge in [0.05, 0.1) is 0 Å². The Balaban J connectivity index is 1.83. The standard InChI is InChI=1S/C16H14O/c17-14-9-12-7-6-11-8-13(16(14)15(11)12)10-4-2-1-3-5-10/h1-8,11-12,15-16H,9H2. The summed E-state index contributed by atoms with van der Waals surface area (Å²) in [5.74, 6) is 2.17. The molecule has 1 heteroatoms. The van der Waals surface area contributed by atoms with E-state index in [9.17, 15) is 4.79 Å². The fourth-order valence-electron chi connectivity index (χ4n) is 3.83. The highest BCUT2D eigenvalue weighted by Gasteiger charge is 2.51. The number of hydrogen-bond acceptors (Lipinski definition) is 1. The molecule has 0 aromatic heterocycles. The lowest BCUT2D eigenvalue weighted by Crippen LogP contribution is -2.15. The molecule has 17 heavy (non-hydrogen) atoms. The van der Waals surface area contributed by atoms with Crippen molar-refractivity contribution in [2.45, 2.75) is 6.42 Å². The van der Waals surface area contributed by atoms with Crippen LogP contribution < -0.4 is 0 Å². The van der Waals surface area contributed by atoms with Gasteiger partial charge >= 0.3 is 0 Å². The quantitative estimate of drug-likeness (QED) is 0.667. The molecule has 1 aromatic rings. The molecule has 4 unspecified atom stereocenters. The fraction of sp³-hybridized carbons (Fsp3) is 0.312. The second-order valence-corrected chi connectivity index (χ2v) is 5.34. The van der Waals surface area contributed by atoms with E-state index in [0.717, 1.165) is 6.42 Å². The SMILES string of the molecule is O=C1CC2C=CC3C=C(c4ccccc4)C1C32. The Hall–Kier alpha value is -1.63. The zero-order chi connectivity index (χ0) is 11.4. The number of allylic oxidation sites excluding steroid dienone is 4. The van der Waals surface area contributed by atoms with Crippen molar-refractivity contribution in [1.29, 1.82) is 0 Å². The molecule has 3 aliphatic carbocycles. The highest BCUT2D eigenvalue weighted by atomic mass is 16.1. The summed E-state index contributed by atoms with van der Waals surface area (Å²) in [6, 6.07) is 10.4. The molecule has 0 saturated heterocycles. The van der Waals surface area contributed by atoms with E-state index in [0.29, 0.717) is 23.5 Å². The summed E-state index contributed by atoms with van der Waals surface area (Å²) in [5.41, 5.74) is 2.51. The van der Waals surface area contributed by atoms with Crippen LogP contribution in [0.15, 0.2) is 48.6 Å². The van der Waals surface area contributed by atoms with E-state index in [1.54, 1.807) is 0 Å². The Morgan fingerprint density at radius 3 is 2.71 bits per heavy atom. The molecule has 0 N–H and O–H groups in total. The third-order valence-electron chi connectivity index (χ3n) is 4.50. The number of hydrogen-bond donors (Lipinski definition) is 0. The minimum atomic E-state index is 0.169. The van der Waals surface area contributed by atoms with Crippen LogP contribution in [0.5, 0.6) is 0 Å². The number of carbonyl (C=O) groups is 1. The topological polar surface area (TPSA) is 17.1 Å². The summed E-state index contributed by atoms with van der Waals surface area (Å²) in [7, 11) is 0. The van der Waals surface area contributed by atoms with Gasteiger partial charge in [0.1, 0.15) is 5.78 Å². The molecular formula is C16H14O. The van der Waals surface area contributed by atoms with Crippen molar-refractivity contribution >= 4 is 11.4 Å². The first kappa shape index (κ1) is 9.41. The van der Waals surface area contributed by atoms with Gasteiger partial charge in [0, 0.05) is 12.3 Å². The average molecular weight is 222 g/mol. The number of Topliss-reactive ketones (excluding diaryl/α,β-unsaturated/α-hetero) is 1. The van der Waals surface area contributed by atoms with Crippen LogP contribution in [0, 0.1) is 23.7 Å². The first-order valence-electron chi connectivity index (χ1n) is 6.33. The predicted molar refractivity (Wildman–Crippen MR) is 67.1 cm³/mol. The molecule has 84 valence electrons. The zero-order valence-corrected chi connectivity index (χ0v) is 9.54. The molecule has 0 aliphatic heterocycles. The van der Waals surface area contributed by atoms with Gasteiger partial charge in [-0.15, -0.1) is 0 Å². The van der Waals surface area contributed by atoms with Crippen LogP contribution in [0.2, 0.25) is 0 Å². The summed E-state index contributed by atoms with van der Waals surface area (Å²) in [5, 5.41) is 0. The highest BCUT2D eigenvalue weighted by Crippen LogP contribution is 2.55. The van der Waals surface area contributed by atoms with Gasteiger partial charge in [-0.25, -0.2) is 0 Å². The molecule has 1 nitrogen and oxygen atoms in total. The first-order chi connectivity index (χ1) is 8.34. The van der Waals surface area contributed by atoms with Gasteiger partial charge in [-0.2, -0.15) is 0 Å². The molecule has 0 heterocycles. The van der Waals surface area contributed by atoms with E-state index >= 15 is 0 Å². The predicted octanol–water partition coefficient (Wildman–Crippen LogP) is 3.09. The van der Waals surface area contributed by atoms with Gasteiger partial charge in [-0.05, 0) is 28.9 Å². The minimum absolute atomic E-state index is 0.169. The number of rotatable bonds is 1. The Morgan fingerprint density at radius 2 is 1.88 bits per heavy atom. The molecule has 1 saturated carbocycles. The summed E-state index contributed by atoms with van der Waals surface area (Å²) in [6.45, 7) is 0. The fourth-order valence-corrected chi connectivity index (χ4v) is 3.83. The molecule has 4 atom stereocenters. The molecule has 0 bridgehead atoms. The molecular weight excluding hydrogens is 208 g/mol. The maximum atomic E-state index is 12.2. The smallest absolute Gasteiger partial charge is 0.141 e. The van der Waals surface area contributed by atoms with E-state index < -0.39 is 0 Å². The Morgan fingerprint density at radius 1 is 1.06 bits per heavy atom. The summed E-state index contributed by atoms with van der Waals surface area (Å²) < 4.78 is 0. The van der Waals surface area contributed by atoms with Gasteiger partial charge in [0.25, 0.3) is 0 Å². The van der Waals surface area contributed by atoms with E-state index in [2.05, 4.69) is 42.5 Å². The summed E-state index contributed by atoms with van der Waals surface area (Å²) in [6.07, 6.45) is 7.63. The van der Waals surface area contributed by atoms with Crippen molar-refractivity contribution in [3.8, 4) is 0 Å². The van der Waals surface area contributed by atoms with Gasteiger partial charge in [-0.3, -0.25) is 4.79 Å². The summed E-state index contributed by atoms with van der Waals surface area (Å²) >= 11 is 0. The van der Waals surface area contributed by atoms with Crippen LogP contribution in [-0.4, -0.2) is 5.78 Å². The molecule has 3 aliphatic rings. The maximum Gasteiger partial charge on any atom is 0.141 e. The van der Waals surface area contributed by atoms with Crippen LogP contribution in [0.1, 0.15) is 12.0 Å². The lowest BCUT2D eigenvalue weighted by Gasteiger charge is -2.15. The van der Waals surface area contributed by atoms with Gasteiger partial charge in [0.15, 0.2) is 0 Å². The molecule has 0 radical (unpaired) electrons. The minimum Gasteiger partial charge on any atom is -0.299 e. The Bertz CT molecular complexity index is 538. The monoisotopic (exact) mass is 222 g/mol. The summed E-state index contributed by atoms with van der Waals surface area (Å²) in [4.78, 5) is 12.2. The van der Waals surface area contributed by atoms with Crippen LogP contribution in [0.25, 0.3) is 5.57 Å². The largest absolute Gasteiger partial charge is 0.299 e. The van der Waals surface area contributed by atoms with Gasteiger partial charge in [0.2, 0.25) is 0 Å². The second-order valence-electron chi connectivity index (χ2n) is 5.34. The number of carbonyl (C=O) groups excluding carboxylic acids is 1. The molecule has 4 rings (SSSR count). The molecule has 1 fully saturated rings. The normalized spacial score (nSPS) is 37.4. The maximum absolute atomic E-state index is 12.2. The second kappa shape index (κ2) is 3.19. The van der Waals surface area contributed by atoms with Gasteiger partial charge < -0.3 is 0 Å². The highest BCUT2D eigenvalue weighted by molar-refractivity contribution is 5.98. The van der Waals surface area contributed by atoms with E-state index in [1.807, 2.05) is 6.07 Å². The Labute approximate surface area is 101 Å². The third-order valence-corrected chi connectivity index (χ3v) is 4.50. The van der Waals surface area contributed by atoms with Crippen molar-refractivity contribution < 1.29 is 4.79 Å². The van der Waals surface area contributed by atoms with E-state index in [1.165, 1.54) is 11.1 Å². The first-order valence-corrected chi connectivity index (χ1v) is 6.33. The number of ketones is 1. The van der Waals surface area contributed by atoms with Crippen molar-refractivity contribution in [1.82, 2.24) is 0 Å². The van der Waals surface area contributed by atoms with Crippen molar-refractivity contribution in [3.63, 3.8) is 0 Å². The van der Waals surface area contributed by atoms with Crippen LogP contribution in [0.3, 0.4) is 0 Å². The molecule has 0 spiro atoms. The zero-order valence-electron chi connectivity index (χ0n) is 9.54. The lowest BCUT2D eigenvalue weighted by atomic mass is 9.86. The van der Waals surface area contributed by atoms with Crippen molar-refractivity contribution in [3.05, 3.63) is 54.1 Å². The van der Waals surface area contributed by atoms with Crippen LogP contribution >= 0.6 is 0 Å². The van der Waals surface area contributed by atoms with E-state index in [-0.39, 0.29) is 5.92 Å². The molecule has 0 amide bonds. The van der Waals surface area contributed by atoms with E-state index in [4.69, 9.17) is 0 Å². The van der Waals surface area contributed by atoms with Crippen LogP contribution in [-0.2, 0) is 4.79 Å².